The number of para-hydroxylation sites is 3. The van der Waals surface area contributed by atoms with Crippen LogP contribution in [0.3, 0.4) is 0 Å². The third kappa shape index (κ3) is 5.06. The number of fused-ring (bicyclic) bond motifs is 10. The Kier molecular flexibility index (Phi) is 7.06. The number of furan rings is 1. The average Bonchev–Trinajstić information content (AvgIpc) is 3.96. The minimum absolute atomic E-state index is 0.657. The fourth-order valence-corrected chi connectivity index (χ4v) is 9.72. The summed E-state index contributed by atoms with van der Waals surface area (Å²) in [6.07, 6.45) is 0. The molecule has 0 fully saturated rings. The zero-order valence-corrected chi connectivity index (χ0v) is 31.4. The lowest BCUT2D eigenvalue weighted by molar-refractivity contribution is 0.670. The topological polar surface area (TPSA) is 43.9 Å². The molecule has 0 spiro atoms. The summed E-state index contributed by atoms with van der Waals surface area (Å²) in [4.78, 5) is 10.5. The highest BCUT2D eigenvalue weighted by atomic mass is 32.1. The highest BCUT2D eigenvalue weighted by Gasteiger charge is 2.20. The molecule has 12 aromatic rings. The molecule has 0 saturated heterocycles. The standard InChI is InChI=1S/C52H31N3OS/c1-2-12-32(13-3-1)33-24-26-34(27-25-33)52-53-42(31-43(54-52)39-20-11-19-38-37-16-5-8-22-46(37)56-51(38)39)35-14-10-15-36(30-35)55-44-21-7-4-17-40(44)49-45(55)28-29-48-50(49)41-18-6-9-23-47(41)57-48/h1-31H. The van der Waals surface area contributed by atoms with Crippen LogP contribution < -0.4 is 0 Å². The highest BCUT2D eigenvalue weighted by Crippen LogP contribution is 2.44. The number of hydrogen-bond donors (Lipinski definition) is 0. The lowest BCUT2D eigenvalue weighted by Gasteiger charge is -2.13. The number of aromatic nitrogens is 3. The summed E-state index contributed by atoms with van der Waals surface area (Å²) >= 11 is 1.86. The largest absolute Gasteiger partial charge is 0.455 e. The Hall–Kier alpha value is -7.34. The van der Waals surface area contributed by atoms with Gasteiger partial charge in [0, 0.05) is 64.1 Å². The molecule has 4 nitrogen and oxygen atoms in total. The highest BCUT2D eigenvalue weighted by molar-refractivity contribution is 7.26. The molecule has 4 heterocycles. The second kappa shape index (κ2) is 12.6. The molecular formula is C52H31N3OS. The second-order valence-corrected chi connectivity index (χ2v) is 15.6. The van der Waals surface area contributed by atoms with E-state index >= 15 is 0 Å². The van der Waals surface area contributed by atoms with Crippen molar-refractivity contribution < 1.29 is 4.42 Å². The van der Waals surface area contributed by atoms with Crippen molar-refractivity contribution in [1.82, 2.24) is 14.5 Å². The number of nitrogens with zero attached hydrogens (tertiary/aromatic N) is 3. The second-order valence-electron chi connectivity index (χ2n) is 14.5. The molecule has 57 heavy (non-hydrogen) atoms. The van der Waals surface area contributed by atoms with E-state index in [1.807, 2.05) is 29.5 Å². The molecule has 0 saturated carbocycles. The van der Waals surface area contributed by atoms with Gasteiger partial charge in [-0.05, 0) is 65.7 Å². The molecule has 0 aliphatic heterocycles. The van der Waals surface area contributed by atoms with E-state index in [1.165, 1.54) is 47.5 Å². The molecule has 0 aliphatic rings. The van der Waals surface area contributed by atoms with Crippen molar-refractivity contribution in [2.24, 2.45) is 0 Å². The van der Waals surface area contributed by atoms with Gasteiger partial charge in [0.15, 0.2) is 5.82 Å². The normalized spacial score (nSPS) is 11.9. The summed E-state index contributed by atoms with van der Waals surface area (Å²) in [6.45, 7) is 0. The molecule has 266 valence electrons. The van der Waals surface area contributed by atoms with Crippen molar-refractivity contribution in [3.63, 3.8) is 0 Å². The van der Waals surface area contributed by atoms with Crippen LogP contribution >= 0.6 is 11.3 Å². The van der Waals surface area contributed by atoms with Gasteiger partial charge in [0.1, 0.15) is 11.2 Å². The Balaban J connectivity index is 1.06. The first kappa shape index (κ1) is 32.0. The predicted octanol–water partition coefficient (Wildman–Crippen LogP) is 14.5. The first-order valence-corrected chi connectivity index (χ1v) is 20.0. The molecule has 5 heteroatoms. The van der Waals surface area contributed by atoms with Gasteiger partial charge in [0.05, 0.1) is 22.4 Å². The summed E-state index contributed by atoms with van der Waals surface area (Å²) in [5.41, 5.74) is 12.0. The van der Waals surface area contributed by atoms with Crippen LogP contribution in [0.4, 0.5) is 0 Å². The molecule has 0 aliphatic carbocycles. The number of rotatable bonds is 5. The zero-order chi connectivity index (χ0) is 37.5. The van der Waals surface area contributed by atoms with Crippen molar-refractivity contribution in [2.75, 3.05) is 0 Å². The summed E-state index contributed by atoms with van der Waals surface area (Å²) in [6, 6.07) is 66.5. The van der Waals surface area contributed by atoms with E-state index in [9.17, 15) is 0 Å². The fraction of sp³-hybridized carbons (Fsp3) is 0. The molecule has 12 rings (SSSR count). The Labute approximate surface area is 331 Å². The van der Waals surface area contributed by atoms with Crippen LogP contribution in [0, 0.1) is 0 Å². The molecule has 0 amide bonds. The molecule has 4 aromatic heterocycles. The van der Waals surface area contributed by atoms with E-state index in [0.717, 1.165) is 61.3 Å². The Morgan fingerprint density at radius 2 is 1.11 bits per heavy atom. The van der Waals surface area contributed by atoms with Crippen molar-refractivity contribution in [3.05, 3.63) is 188 Å². The maximum Gasteiger partial charge on any atom is 0.160 e. The molecule has 0 radical (unpaired) electrons. The number of benzene rings is 8. The van der Waals surface area contributed by atoms with Gasteiger partial charge >= 0.3 is 0 Å². The van der Waals surface area contributed by atoms with Crippen LogP contribution in [0.1, 0.15) is 0 Å². The van der Waals surface area contributed by atoms with Crippen molar-refractivity contribution in [3.8, 4) is 50.7 Å². The van der Waals surface area contributed by atoms with Crippen LogP contribution in [0.2, 0.25) is 0 Å². The predicted molar refractivity (Wildman–Crippen MR) is 238 cm³/mol. The summed E-state index contributed by atoms with van der Waals surface area (Å²) < 4.78 is 11.5. The van der Waals surface area contributed by atoms with Gasteiger partial charge in [-0.3, -0.25) is 0 Å². The fourth-order valence-electron chi connectivity index (χ4n) is 8.61. The molecule has 0 bridgehead atoms. The van der Waals surface area contributed by atoms with Gasteiger partial charge in [-0.15, -0.1) is 11.3 Å². The van der Waals surface area contributed by atoms with Crippen molar-refractivity contribution >= 4 is 75.3 Å². The van der Waals surface area contributed by atoms with Crippen LogP contribution in [0.15, 0.2) is 192 Å². The van der Waals surface area contributed by atoms with Gasteiger partial charge in [0.2, 0.25) is 0 Å². The monoisotopic (exact) mass is 745 g/mol. The van der Waals surface area contributed by atoms with Crippen LogP contribution in [0.5, 0.6) is 0 Å². The van der Waals surface area contributed by atoms with Gasteiger partial charge in [-0.1, -0.05) is 133 Å². The summed E-state index contributed by atoms with van der Waals surface area (Å²) in [7, 11) is 0. The maximum absolute atomic E-state index is 6.53. The van der Waals surface area contributed by atoms with Crippen LogP contribution in [-0.4, -0.2) is 14.5 Å². The lowest BCUT2D eigenvalue weighted by Crippen LogP contribution is -1.98. The van der Waals surface area contributed by atoms with Gasteiger partial charge < -0.3 is 8.98 Å². The summed E-state index contributed by atoms with van der Waals surface area (Å²) in [5, 5.41) is 7.32. The van der Waals surface area contributed by atoms with E-state index < -0.39 is 0 Å². The third-order valence-corrected chi connectivity index (χ3v) is 12.4. The van der Waals surface area contributed by atoms with Crippen LogP contribution in [0.25, 0.3) is 115 Å². The molecule has 0 unspecified atom stereocenters. The average molecular weight is 746 g/mol. The van der Waals surface area contributed by atoms with E-state index in [0.29, 0.717) is 5.82 Å². The van der Waals surface area contributed by atoms with Crippen molar-refractivity contribution in [1.29, 1.82) is 0 Å². The minimum atomic E-state index is 0.657. The van der Waals surface area contributed by atoms with Crippen molar-refractivity contribution in [2.45, 2.75) is 0 Å². The molecule has 0 N–H and O–H groups in total. The lowest BCUT2D eigenvalue weighted by atomic mass is 10.0. The number of hydrogen-bond acceptors (Lipinski definition) is 4. The molecular weight excluding hydrogens is 715 g/mol. The smallest absolute Gasteiger partial charge is 0.160 e. The Morgan fingerprint density at radius 3 is 2.00 bits per heavy atom. The van der Waals surface area contributed by atoms with E-state index in [1.54, 1.807) is 0 Å². The Morgan fingerprint density at radius 1 is 0.421 bits per heavy atom. The van der Waals surface area contributed by atoms with E-state index in [2.05, 4.69) is 174 Å². The first-order chi connectivity index (χ1) is 28.2. The van der Waals surface area contributed by atoms with Gasteiger partial charge in [-0.2, -0.15) is 0 Å². The minimum Gasteiger partial charge on any atom is -0.455 e. The van der Waals surface area contributed by atoms with E-state index in [-0.39, 0.29) is 0 Å². The quantitative estimate of drug-likeness (QED) is 0.176. The number of thiophene rings is 1. The first-order valence-electron chi connectivity index (χ1n) is 19.1. The maximum atomic E-state index is 6.53. The SMILES string of the molecule is c1ccc(-c2ccc(-c3nc(-c4cccc(-n5c6ccccc6c6c7c(ccc65)sc5ccccc57)c4)cc(-c4cccc5c4oc4ccccc45)n3)cc2)cc1. The third-order valence-electron chi connectivity index (χ3n) is 11.2. The zero-order valence-electron chi connectivity index (χ0n) is 30.6. The summed E-state index contributed by atoms with van der Waals surface area (Å²) in [5.74, 6) is 0.657. The Bertz CT molecular complexity index is 3520. The van der Waals surface area contributed by atoms with Crippen LogP contribution in [-0.2, 0) is 0 Å². The van der Waals surface area contributed by atoms with Gasteiger partial charge in [-0.25, -0.2) is 9.97 Å². The van der Waals surface area contributed by atoms with E-state index in [4.69, 9.17) is 14.4 Å². The van der Waals surface area contributed by atoms with Gasteiger partial charge in [0.25, 0.3) is 0 Å². The molecule has 8 aromatic carbocycles. The molecule has 0 atom stereocenters.